The molecule has 0 N–H and O–H groups in total. The van der Waals surface area contributed by atoms with Gasteiger partial charge in [-0.15, -0.1) is 0 Å². The van der Waals surface area contributed by atoms with Gasteiger partial charge in [-0.2, -0.15) is 0 Å². The van der Waals surface area contributed by atoms with Crippen molar-refractivity contribution in [2.45, 2.75) is 53.4 Å². The van der Waals surface area contributed by atoms with Crippen molar-refractivity contribution < 1.29 is 0 Å². The first-order valence-electron chi connectivity index (χ1n) is 5.72. The topological polar surface area (TPSA) is 0 Å². The molecule has 1 aromatic carbocycles. The van der Waals surface area contributed by atoms with Gasteiger partial charge in [0, 0.05) is 0 Å². The highest BCUT2D eigenvalue weighted by Crippen LogP contribution is 2.24. The maximum atomic E-state index is 2.40. The van der Waals surface area contributed by atoms with E-state index >= 15 is 0 Å². The molecule has 1 rings (SSSR count). The lowest BCUT2D eigenvalue weighted by molar-refractivity contribution is 0.847. The fourth-order valence-corrected chi connectivity index (χ4v) is 2.11. The SMILES string of the molecule is CCc1cc(C)c(C(C)C)cc1CC. The molecule has 0 saturated carbocycles. The normalized spacial score (nSPS) is 11.0. The van der Waals surface area contributed by atoms with Gasteiger partial charge in [0.05, 0.1) is 0 Å². The second kappa shape index (κ2) is 4.63. The summed E-state index contributed by atoms with van der Waals surface area (Å²) in [5, 5.41) is 0. The summed E-state index contributed by atoms with van der Waals surface area (Å²) in [6, 6.07) is 4.77. The summed E-state index contributed by atoms with van der Waals surface area (Å²) < 4.78 is 0. The zero-order valence-corrected chi connectivity index (χ0v) is 10.1. The summed E-state index contributed by atoms with van der Waals surface area (Å²) in [4.78, 5) is 0. The monoisotopic (exact) mass is 190 g/mol. The highest BCUT2D eigenvalue weighted by Gasteiger charge is 2.07. The van der Waals surface area contributed by atoms with Gasteiger partial charge in [-0.1, -0.05) is 39.8 Å². The van der Waals surface area contributed by atoms with E-state index in [-0.39, 0.29) is 0 Å². The van der Waals surface area contributed by atoms with Gasteiger partial charge >= 0.3 is 0 Å². The van der Waals surface area contributed by atoms with Gasteiger partial charge < -0.3 is 0 Å². The van der Waals surface area contributed by atoms with E-state index in [1.165, 1.54) is 22.3 Å². The van der Waals surface area contributed by atoms with Crippen LogP contribution in [-0.4, -0.2) is 0 Å². The molecule has 0 atom stereocenters. The Morgan fingerprint density at radius 2 is 1.50 bits per heavy atom. The van der Waals surface area contributed by atoms with Crippen molar-refractivity contribution in [3.8, 4) is 0 Å². The molecule has 0 spiro atoms. The molecule has 14 heavy (non-hydrogen) atoms. The minimum absolute atomic E-state index is 0.645. The average Bonchev–Trinajstić information content (AvgIpc) is 2.16. The maximum absolute atomic E-state index is 2.40. The van der Waals surface area contributed by atoms with Crippen LogP contribution in [0, 0.1) is 6.92 Å². The van der Waals surface area contributed by atoms with Gasteiger partial charge in [-0.05, 0) is 47.9 Å². The summed E-state index contributed by atoms with van der Waals surface area (Å²) in [7, 11) is 0. The number of hydrogen-bond donors (Lipinski definition) is 0. The van der Waals surface area contributed by atoms with Gasteiger partial charge in [0.2, 0.25) is 0 Å². The molecule has 0 saturated heterocycles. The number of benzene rings is 1. The predicted molar refractivity (Wildman–Crippen MR) is 64.0 cm³/mol. The molecule has 0 unspecified atom stereocenters. The minimum Gasteiger partial charge on any atom is -0.0613 e. The van der Waals surface area contributed by atoms with Crippen LogP contribution < -0.4 is 0 Å². The van der Waals surface area contributed by atoms with Crippen LogP contribution in [0.25, 0.3) is 0 Å². The zero-order valence-electron chi connectivity index (χ0n) is 10.1. The van der Waals surface area contributed by atoms with Crippen molar-refractivity contribution in [3.63, 3.8) is 0 Å². The number of aryl methyl sites for hydroxylation is 3. The standard InChI is InChI=1S/C14H22/c1-6-12-8-11(5)14(10(3)4)9-13(12)7-2/h8-10H,6-7H2,1-5H3. The summed E-state index contributed by atoms with van der Waals surface area (Å²) in [6.45, 7) is 11.3. The molecule has 0 amide bonds. The van der Waals surface area contributed by atoms with Crippen LogP contribution in [-0.2, 0) is 12.8 Å². The van der Waals surface area contributed by atoms with Gasteiger partial charge in [0.1, 0.15) is 0 Å². The second-order valence-electron chi connectivity index (χ2n) is 4.34. The summed E-state index contributed by atoms with van der Waals surface area (Å²) in [5.41, 5.74) is 6.02. The van der Waals surface area contributed by atoms with E-state index in [4.69, 9.17) is 0 Å². The smallest absolute Gasteiger partial charge is 0.0216 e. The van der Waals surface area contributed by atoms with Crippen LogP contribution in [0.1, 0.15) is 55.9 Å². The molecule has 0 aliphatic heterocycles. The van der Waals surface area contributed by atoms with Crippen LogP contribution in [0.15, 0.2) is 12.1 Å². The molecule has 0 aliphatic rings. The Bertz CT molecular complexity index is 308. The molecular formula is C14H22. The molecule has 0 nitrogen and oxygen atoms in total. The predicted octanol–water partition coefficient (Wildman–Crippen LogP) is 4.24. The largest absolute Gasteiger partial charge is 0.0613 e. The molecule has 0 fully saturated rings. The molecular weight excluding hydrogens is 168 g/mol. The Morgan fingerprint density at radius 3 is 1.93 bits per heavy atom. The van der Waals surface area contributed by atoms with Crippen LogP contribution in [0.4, 0.5) is 0 Å². The first kappa shape index (κ1) is 11.3. The van der Waals surface area contributed by atoms with Gasteiger partial charge in [-0.3, -0.25) is 0 Å². The minimum atomic E-state index is 0.645. The molecule has 0 aliphatic carbocycles. The fraction of sp³-hybridized carbons (Fsp3) is 0.571. The maximum Gasteiger partial charge on any atom is -0.0216 e. The van der Waals surface area contributed by atoms with E-state index in [2.05, 4.69) is 46.8 Å². The van der Waals surface area contributed by atoms with E-state index in [1.807, 2.05) is 0 Å². The quantitative estimate of drug-likeness (QED) is 0.668. The lowest BCUT2D eigenvalue weighted by Gasteiger charge is -2.15. The Balaban J connectivity index is 3.23. The van der Waals surface area contributed by atoms with Crippen molar-refractivity contribution >= 4 is 0 Å². The van der Waals surface area contributed by atoms with Crippen molar-refractivity contribution in [1.29, 1.82) is 0 Å². The molecule has 0 radical (unpaired) electrons. The summed E-state index contributed by atoms with van der Waals surface area (Å²) >= 11 is 0. The Kier molecular flexibility index (Phi) is 3.74. The fourth-order valence-electron chi connectivity index (χ4n) is 2.11. The van der Waals surface area contributed by atoms with E-state index < -0.39 is 0 Å². The van der Waals surface area contributed by atoms with E-state index in [0.29, 0.717) is 5.92 Å². The van der Waals surface area contributed by atoms with Crippen LogP contribution in [0.5, 0.6) is 0 Å². The first-order chi connectivity index (χ1) is 6.60. The first-order valence-corrected chi connectivity index (χ1v) is 5.72. The Morgan fingerprint density at radius 1 is 1.00 bits per heavy atom. The molecule has 0 bridgehead atoms. The summed E-state index contributed by atoms with van der Waals surface area (Å²) in [6.07, 6.45) is 2.31. The number of rotatable bonds is 3. The third-order valence-electron chi connectivity index (χ3n) is 2.97. The summed E-state index contributed by atoms with van der Waals surface area (Å²) in [5.74, 6) is 0.645. The number of hydrogen-bond acceptors (Lipinski definition) is 0. The Labute approximate surface area is 88.4 Å². The average molecular weight is 190 g/mol. The van der Waals surface area contributed by atoms with Crippen molar-refractivity contribution in [3.05, 3.63) is 34.4 Å². The van der Waals surface area contributed by atoms with Crippen LogP contribution >= 0.6 is 0 Å². The Hall–Kier alpha value is -0.780. The van der Waals surface area contributed by atoms with Crippen molar-refractivity contribution in [2.24, 2.45) is 0 Å². The van der Waals surface area contributed by atoms with E-state index in [9.17, 15) is 0 Å². The molecule has 0 heterocycles. The third kappa shape index (κ3) is 2.17. The zero-order chi connectivity index (χ0) is 10.7. The molecule has 78 valence electrons. The second-order valence-corrected chi connectivity index (χ2v) is 4.34. The van der Waals surface area contributed by atoms with E-state index in [0.717, 1.165) is 12.8 Å². The molecule has 0 heteroatoms. The highest BCUT2D eigenvalue weighted by molar-refractivity contribution is 5.39. The van der Waals surface area contributed by atoms with Gasteiger partial charge in [0.15, 0.2) is 0 Å². The van der Waals surface area contributed by atoms with Crippen LogP contribution in [0.3, 0.4) is 0 Å². The van der Waals surface area contributed by atoms with Gasteiger partial charge in [-0.25, -0.2) is 0 Å². The van der Waals surface area contributed by atoms with Crippen LogP contribution in [0.2, 0.25) is 0 Å². The van der Waals surface area contributed by atoms with Crippen molar-refractivity contribution in [1.82, 2.24) is 0 Å². The molecule has 0 aromatic heterocycles. The molecule has 1 aromatic rings. The van der Waals surface area contributed by atoms with Gasteiger partial charge in [0.25, 0.3) is 0 Å². The highest BCUT2D eigenvalue weighted by atomic mass is 14.1. The van der Waals surface area contributed by atoms with Crippen molar-refractivity contribution in [2.75, 3.05) is 0 Å². The lowest BCUT2D eigenvalue weighted by Crippen LogP contribution is -1.99. The lowest BCUT2D eigenvalue weighted by atomic mass is 9.91. The third-order valence-corrected chi connectivity index (χ3v) is 2.97. The van der Waals surface area contributed by atoms with E-state index in [1.54, 1.807) is 0 Å².